The van der Waals surface area contributed by atoms with E-state index >= 15 is 0 Å². The number of rotatable bonds is 2. The van der Waals surface area contributed by atoms with E-state index in [0.29, 0.717) is 15.8 Å². The van der Waals surface area contributed by atoms with E-state index in [9.17, 15) is 0 Å². The van der Waals surface area contributed by atoms with Crippen molar-refractivity contribution in [1.29, 1.82) is 0 Å². The quantitative estimate of drug-likeness (QED) is 0.747. The van der Waals surface area contributed by atoms with E-state index in [2.05, 4.69) is 0 Å². The summed E-state index contributed by atoms with van der Waals surface area (Å²) >= 11 is 11.8. The van der Waals surface area contributed by atoms with E-state index < -0.39 is 0 Å². The van der Waals surface area contributed by atoms with Crippen LogP contribution in [0.25, 0.3) is 0 Å². The van der Waals surface area contributed by atoms with Gasteiger partial charge in [-0.05, 0) is 18.2 Å². The van der Waals surface area contributed by atoms with Crippen LogP contribution in [0.4, 0.5) is 0 Å². The van der Waals surface area contributed by atoms with Crippen LogP contribution in [-0.4, -0.2) is 0 Å². The molecule has 0 saturated carbocycles. The van der Waals surface area contributed by atoms with Crippen LogP contribution in [0.15, 0.2) is 42.7 Å². The molecule has 82 valence electrons. The molecule has 0 aliphatic carbocycles. The maximum Gasteiger partial charge on any atom is 0.172 e. The first-order valence-electron chi connectivity index (χ1n) is 4.73. The first-order chi connectivity index (χ1) is 7.65. The van der Waals surface area contributed by atoms with E-state index in [-0.39, 0.29) is 0 Å². The molecule has 1 aromatic carbocycles. The second-order valence-corrected chi connectivity index (χ2v) is 4.22. The summed E-state index contributed by atoms with van der Waals surface area (Å²) in [5.41, 5.74) is 0. The lowest BCUT2D eigenvalue weighted by molar-refractivity contribution is -0.671. The van der Waals surface area contributed by atoms with E-state index in [1.807, 2.05) is 36.1 Å². The highest BCUT2D eigenvalue weighted by Crippen LogP contribution is 2.30. The molecule has 4 heteroatoms. The zero-order chi connectivity index (χ0) is 11.5. The Kier molecular flexibility index (Phi) is 3.32. The predicted octanol–water partition coefficient (Wildman–Crippen LogP) is 3.61. The van der Waals surface area contributed by atoms with Gasteiger partial charge in [0.25, 0.3) is 0 Å². The Morgan fingerprint density at radius 2 is 1.75 bits per heavy atom. The first-order valence-corrected chi connectivity index (χ1v) is 5.49. The molecule has 1 heterocycles. The van der Waals surface area contributed by atoms with Gasteiger partial charge in [-0.25, -0.2) is 4.57 Å². The summed E-state index contributed by atoms with van der Waals surface area (Å²) in [5, 5.41) is 1.09. The number of ether oxygens (including phenoxy) is 1. The third-order valence-electron chi connectivity index (χ3n) is 2.07. The largest absolute Gasteiger partial charge is 0.455 e. The van der Waals surface area contributed by atoms with Gasteiger partial charge in [0.2, 0.25) is 0 Å². The highest BCUT2D eigenvalue weighted by molar-refractivity contribution is 6.35. The zero-order valence-corrected chi connectivity index (χ0v) is 10.2. The average molecular weight is 255 g/mol. The lowest BCUT2D eigenvalue weighted by atomic mass is 10.3. The maximum atomic E-state index is 6.00. The molecule has 2 rings (SSSR count). The van der Waals surface area contributed by atoms with Gasteiger partial charge in [0, 0.05) is 17.2 Å². The van der Waals surface area contributed by atoms with Crippen molar-refractivity contribution in [3.8, 4) is 11.5 Å². The van der Waals surface area contributed by atoms with Gasteiger partial charge in [0.15, 0.2) is 12.4 Å². The number of aromatic nitrogens is 1. The van der Waals surface area contributed by atoms with Crippen LogP contribution in [0.3, 0.4) is 0 Å². The fraction of sp³-hybridized carbons (Fsp3) is 0.0833. The van der Waals surface area contributed by atoms with Crippen molar-refractivity contribution in [2.75, 3.05) is 0 Å². The van der Waals surface area contributed by atoms with Crippen molar-refractivity contribution in [2.45, 2.75) is 0 Å². The molecule has 0 radical (unpaired) electrons. The van der Waals surface area contributed by atoms with E-state index in [0.717, 1.165) is 5.75 Å². The Labute approximate surface area is 104 Å². The minimum atomic E-state index is 0.501. The number of hydrogen-bond donors (Lipinski definition) is 0. The molecule has 0 amide bonds. The molecule has 1 aromatic heterocycles. The first kappa shape index (κ1) is 11.2. The fourth-order valence-corrected chi connectivity index (χ4v) is 1.69. The Morgan fingerprint density at radius 3 is 2.38 bits per heavy atom. The standard InChI is InChI=1S/C12H10Cl2NO/c1-15-6-4-10(5-7-15)16-12-3-2-9(13)8-11(12)14/h2-8H,1H3/q+1. The molecule has 0 saturated heterocycles. The van der Waals surface area contributed by atoms with E-state index in [4.69, 9.17) is 27.9 Å². The van der Waals surface area contributed by atoms with Crippen molar-refractivity contribution in [2.24, 2.45) is 7.05 Å². The van der Waals surface area contributed by atoms with Gasteiger partial charge in [-0.2, -0.15) is 0 Å². The fourth-order valence-electron chi connectivity index (χ4n) is 1.24. The van der Waals surface area contributed by atoms with Gasteiger partial charge in [-0.3, -0.25) is 0 Å². The average Bonchev–Trinajstić information content (AvgIpc) is 2.25. The minimum absolute atomic E-state index is 0.501. The van der Waals surface area contributed by atoms with E-state index in [1.54, 1.807) is 18.2 Å². The SMILES string of the molecule is C[n+]1ccc(Oc2ccc(Cl)cc2Cl)cc1. The van der Waals surface area contributed by atoms with Crippen LogP contribution in [0.2, 0.25) is 10.0 Å². The monoisotopic (exact) mass is 254 g/mol. The number of pyridine rings is 1. The molecular weight excluding hydrogens is 245 g/mol. The molecule has 0 fully saturated rings. The van der Waals surface area contributed by atoms with Gasteiger partial charge >= 0.3 is 0 Å². The number of aryl methyl sites for hydroxylation is 1. The number of hydrogen-bond acceptors (Lipinski definition) is 1. The normalized spacial score (nSPS) is 10.2. The molecule has 0 N–H and O–H groups in total. The molecule has 0 spiro atoms. The maximum absolute atomic E-state index is 6.00. The van der Waals surface area contributed by atoms with Crippen molar-refractivity contribution in [3.05, 3.63) is 52.8 Å². The van der Waals surface area contributed by atoms with Crippen LogP contribution in [0.1, 0.15) is 0 Å². The summed E-state index contributed by atoms with van der Waals surface area (Å²) in [6, 6.07) is 8.88. The molecule has 0 aliphatic heterocycles. The van der Waals surface area contributed by atoms with Gasteiger partial charge in [-0.15, -0.1) is 0 Å². The molecule has 2 nitrogen and oxygen atoms in total. The van der Waals surface area contributed by atoms with Gasteiger partial charge in [0.05, 0.1) is 5.02 Å². The predicted molar refractivity (Wildman–Crippen MR) is 64.2 cm³/mol. The summed E-state index contributed by atoms with van der Waals surface area (Å²) in [4.78, 5) is 0. The molecule has 0 atom stereocenters. The minimum Gasteiger partial charge on any atom is -0.455 e. The second kappa shape index (κ2) is 4.73. The van der Waals surface area contributed by atoms with Crippen molar-refractivity contribution in [3.63, 3.8) is 0 Å². The van der Waals surface area contributed by atoms with Crippen LogP contribution in [0.5, 0.6) is 11.5 Å². The van der Waals surface area contributed by atoms with Crippen molar-refractivity contribution >= 4 is 23.2 Å². The molecule has 2 aromatic rings. The van der Waals surface area contributed by atoms with Gasteiger partial charge in [-0.1, -0.05) is 23.2 Å². The Hall–Kier alpha value is -1.25. The smallest absolute Gasteiger partial charge is 0.172 e. The lowest BCUT2D eigenvalue weighted by Crippen LogP contribution is -2.25. The summed E-state index contributed by atoms with van der Waals surface area (Å²) in [6.45, 7) is 0. The van der Waals surface area contributed by atoms with Crippen LogP contribution in [0, 0.1) is 0 Å². The summed E-state index contributed by atoms with van der Waals surface area (Å²) in [6.07, 6.45) is 3.80. The van der Waals surface area contributed by atoms with E-state index in [1.165, 1.54) is 0 Å². The summed E-state index contributed by atoms with van der Waals surface area (Å²) in [5.74, 6) is 1.34. The summed E-state index contributed by atoms with van der Waals surface area (Å²) in [7, 11) is 1.94. The van der Waals surface area contributed by atoms with Crippen LogP contribution in [-0.2, 0) is 7.05 Å². The molecule has 0 aliphatic rings. The summed E-state index contributed by atoms with van der Waals surface area (Å²) < 4.78 is 7.54. The third-order valence-corrected chi connectivity index (χ3v) is 2.60. The number of halogens is 2. The van der Waals surface area contributed by atoms with Gasteiger partial charge < -0.3 is 4.74 Å². The Morgan fingerprint density at radius 1 is 1.06 bits per heavy atom. The number of benzene rings is 1. The van der Waals surface area contributed by atoms with Crippen LogP contribution < -0.4 is 9.30 Å². The third kappa shape index (κ3) is 2.65. The second-order valence-electron chi connectivity index (χ2n) is 3.38. The van der Waals surface area contributed by atoms with Crippen molar-refractivity contribution < 1.29 is 9.30 Å². The highest BCUT2D eigenvalue weighted by Gasteiger charge is 2.04. The van der Waals surface area contributed by atoms with Crippen molar-refractivity contribution in [1.82, 2.24) is 0 Å². The number of nitrogens with zero attached hydrogens (tertiary/aromatic N) is 1. The molecular formula is C12H10Cl2NO+. The molecule has 16 heavy (non-hydrogen) atoms. The Bertz CT molecular complexity index is 497. The lowest BCUT2D eigenvalue weighted by Gasteiger charge is -2.06. The highest BCUT2D eigenvalue weighted by atomic mass is 35.5. The molecule has 0 unspecified atom stereocenters. The topological polar surface area (TPSA) is 13.1 Å². The Balaban J connectivity index is 2.23. The van der Waals surface area contributed by atoms with Crippen LogP contribution >= 0.6 is 23.2 Å². The molecule has 0 bridgehead atoms. The van der Waals surface area contributed by atoms with Gasteiger partial charge in [0.1, 0.15) is 18.5 Å². The zero-order valence-electron chi connectivity index (χ0n) is 8.65.